The van der Waals surface area contributed by atoms with Gasteiger partial charge in [0.2, 0.25) is 0 Å². The zero-order valence-electron chi connectivity index (χ0n) is 10.7. The van der Waals surface area contributed by atoms with Crippen LogP contribution in [-0.2, 0) is 9.84 Å². The summed E-state index contributed by atoms with van der Waals surface area (Å²) in [5.74, 6) is 1.76. The molecule has 1 aliphatic rings. The highest BCUT2D eigenvalue weighted by atomic mass is 32.2. The molecule has 96 valence electrons. The summed E-state index contributed by atoms with van der Waals surface area (Å²) in [7, 11) is -2.85. The third-order valence-corrected chi connectivity index (χ3v) is 4.68. The molecule has 0 bridgehead atoms. The van der Waals surface area contributed by atoms with Crippen LogP contribution in [0.25, 0.3) is 0 Å². The number of hydrogen-bond acceptors (Lipinski definition) is 3. The number of sulfone groups is 1. The van der Waals surface area contributed by atoms with Crippen LogP contribution in [0.2, 0.25) is 0 Å². The van der Waals surface area contributed by atoms with Crippen molar-refractivity contribution in [1.82, 2.24) is 5.32 Å². The molecule has 1 N–H and O–H groups in total. The molecule has 0 spiro atoms. The van der Waals surface area contributed by atoms with Gasteiger partial charge in [-0.05, 0) is 31.7 Å². The summed E-state index contributed by atoms with van der Waals surface area (Å²) < 4.78 is 22.2. The van der Waals surface area contributed by atoms with Crippen LogP contribution in [0.5, 0.6) is 0 Å². The van der Waals surface area contributed by atoms with Crippen LogP contribution in [0.15, 0.2) is 0 Å². The molecule has 0 radical (unpaired) electrons. The minimum Gasteiger partial charge on any atom is -0.313 e. The predicted molar refractivity (Wildman–Crippen MR) is 68.3 cm³/mol. The lowest BCUT2D eigenvalue weighted by molar-refractivity contribution is 0.244. The highest BCUT2D eigenvalue weighted by Crippen LogP contribution is 2.28. The molecule has 3 nitrogen and oxygen atoms in total. The molecule has 0 aliphatic heterocycles. The van der Waals surface area contributed by atoms with Gasteiger partial charge in [0, 0.05) is 12.3 Å². The maximum Gasteiger partial charge on any atom is 0.148 e. The number of nitrogens with one attached hydrogen (secondary N) is 1. The lowest BCUT2D eigenvalue weighted by Gasteiger charge is -2.30. The van der Waals surface area contributed by atoms with E-state index in [1.807, 2.05) is 6.92 Å². The summed E-state index contributed by atoms with van der Waals surface area (Å²) in [5, 5.41) is 3.36. The van der Waals surface area contributed by atoms with Crippen molar-refractivity contribution in [3.05, 3.63) is 0 Å². The zero-order chi connectivity index (χ0) is 12.2. The van der Waals surface area contributed by atoms with Crippen molar-refractivity contribution in [2.24, 2.45) is 11.8 Å². The quantitative estimate of drug-likeness (QED) is 0.806. The molecule has 0 saturated heterocycles. The Labute approximate surface area is 99.9 Å². The third-order valence-electron chi connectivity index (χ3n) is 3.57. The van der Waals surface area contributed by atoms with Gasteiger partial charge in [0.25, 0.3) is 0 Å². The lowest BCUT2D eigenvalue weighted by Crippen LogP contribution is -2.38. The van der Waals surface area contributed by atoms with Crippen molar-refractivity contribution < 1.29 is 8.42 Å². The average Bonchev–Trinajstić information content (AvgIpc) is 2.14. The van der Waals surface area contributed by atoms with E-state index in [2.05, 4.69) is 12.2 Å². The Morgan fingerprint density at radius 1 is 1.31 bits per heavy atom. The topological polar surface area (TPSA) is 46.2 Å². The third kappa shape index (κ3) is 5.30. The Hall–Kier alpha value is -0.0900. The van der Waals surface area contributed by atoms with Crippen molar-refractivity contribution in [3.63, 3.8) is 0 Å². The highest BCUT2D eigenvalue weighted by molar-refractivity contribution is 7.90. The molecule has 1 saturated carbocycles. The molecule has 1 aliphatic carbocycles. The van der Waals surface area contributed by atoms with E-state index >= 15 is 0 Å². The van der Waals surface area contributed by atoms with Crippen LogP contribution in [0.4, 0.5) is 0 Å². The first-order valence-electron chi connectivity index (χ1n) is 6.29. The van der Waals surface area contributed by atoms with E-state index in [0.29, 0.717) is 0 Å². The van der Waals surface area contributed by atoms with Gasteiger partial charge >= 0.3 is 0 Å². The minimum absolute atomic E-state index is 0.0733. The fourth-order valence-corrected chi connectivity index (χ4v) is 3.59. The molecule has 0 aromatic rings. The highest BCUT2D eigenvalue weighted by Gasteiger charge is 2.21. The standard InChI is InChI=1S/C12H25NO2S/c1-10-6-4-5-7-12(10)8-13-11(2)9-16(3,14)15/h10-13H,4-9H2,1-3H3. The molecule has 1 fully saturated rings. The number of hydrogen-bond donors (Lipinski definition) is 1. The molecule has 16 heavy (non-hydrogen) atoms. The largest absolute Gasteiger partial charge is 0.313 e. The average molecular weight is 247 g/mol. The van der Waals surface area contributed by atoms with Crippen LogP contribution in [0, 0.1) is 11.8 Å². The molecule has 3 unspecified atom stereocenters. The lowest BCUT2D eigenvalue weighted by atomic mass is 9.80. The fourth-order valence-electron chi connectivity index (χ4n) is 2.56. The van der Waals surface area contributed by atoms with Crippen molar-refractivity contribution in [2.75, 3.05) is 18.6 Å². The predicted octanol–water partition coefficient (Wildman–Crippen LogP) is 1.84. The second kappa shape index (κ2) is 6.01. The van der Waals surface area contributed by atoms with E-state index in [1.165, 1.54) is 31.9 Å². The van der Waals surface area contributed by atoms with Crippen molar-refractivity contribution in [3.8, 4) is 0 Å². The van der Waals surface area contributed by atoms with Crippen LogP contribution in [0.3, 0.4) is 0 Å². The Morgan fingerprint density at radius 2 is 1.94 bits per heavy atom. The van der Waals surface area contributed by atoms with E-state index in [4.69, 9.17) is 0 Å². The zero-order valence-corrected chi connectivity index (χ0v) is 11.5. The van der Waals surface area contributed by atoms with E-state index < -0.39 is 9.84 Å². The van der Waals surface area contributed by atoms with E-state index in [-0.39, 0.29) is 11.8 Å². The molecule has 3 atom stereocenters. The van der Waals surface area contributed by atoms with E-state index in [9.17, 15) is 8.42 Å². The Kier molecular flexibility index (Phi) is 5.25. The monoisotopic (exact) mass is 247 g/mol. The van der Waals surface area contributed by atoms with Crippen molar-refractivity contribution in [1.29, 1.82) is 0 Å². The van der Waals surface area contributed by atoms with Gasteiger partial charge in [0.15, 0.2) is 0 Å². The first kappa shape index (κ1) is 14.0. The van der Waals surface area contributed by atoms with Gasteiger partial charge < -0.3 is 5.32 Å². The summed E-state index contributed by atoms with van der Waals surface area (Å²) in [4.78, 5) is 0. The molecule has 1 rings (SSSR count). The SMILES string of the molecule is CC(CS(C)(=O)=O)NCC1CCCCC1C. The first-order valence-corrected chi connectivity index (χ1v) is 8.35. The minimum atomic E-state index is -2.85. The molecule has 0 aromatic heterocycles. The van der Waals surface area contributed by atoms with Gasteiger partial charge in [-0.2, -0.15) is 0 Å². The van der Waals surface area contributed by atoms with Crippen LogP contribution in [0.1, 0.15) is 39.5 Å². The summed E-state index contributed by atoms with van der Waals surface area (Å²) in [6.07, 6.45) is 6.61. The Balaban J connectivity index is 2.28. The van der Waals surface area contributed by atoms with Crippen LogP contribution >= 0.6 is 0 Å². The second-order valence-corrected chi connectivity index (χ2v) is 7.61. The summed E-state index contributed by atoms with van der Waals surface area (Å²) in [6.45, 7) is 5.24. The maximum atomic E-state index is 11.1. The normalized spacial score (nSPS) is 28.9. The van der Waals surface area contributed by atoms with Gasteiger partial charge in [0.05, 0.1) is 5.75 Å². The Morgan fingerprint density at radius 3 is 2.50 bits per heavy atom. The Bertz CT molecular complexity index is 300. The van der Waals surface area contributed by atoms with Gasteiger partial charge in [-0.1, -0.05) is 26.2 Å². The summed E-state index contributed by atoms with van der Waals surface area (Å²) in [5.41, 5.74) is 0. The molecule has 0 heterocycles. The van der Waals surface area contributed by atoms with Gasteiger partial charge in [-0.25, -0.2) is 8.42 Å². The second-order valence-electron chi connectivity index (χ2n) is 5.42. The first-order chi connectivity index (χ1) is 7.38. The van der Waals surface area contributed by atoms with E-state index in [0.717, 1.165) is 18.4 Å². The van der Waals surface area contributed by atoms with Gasteiger partial charge in [-0.15, -0.1) is 0 Å². The smallest absolute Gasteiger partial charge is 0.148 e. The van der Waals surface area contributed by atoms with Crippen molar-refractivity contribution in [2.45, 2.75) is 45.6 Å². The molecule has 4 heteroatoms. The summed E-state index contributed by atoms with van der Waals surface area (Å²) >= 11 is 0. The molecule has 0 amide bonds. The summed E-state index contributed by atoms with van der Waals surface area (Å²) in [6, 6.07) is 0.0733. The molecular weight excluding hydrogens is 222 g/mol. The van der Waals surface area contributed by atoms with E-state index in [1.54, 1.807) is 0 Å². The van der Waals surface area contributed by atoms with Gasteiger partial charge in [0.1, 0.15) is 9.84 Å². The van der Waals surface area contributed by atoms with Crippen LogP contribution < -0.4 is 5.32 Å². The van der Waals surface area contributed by atoms with Crippen molar-refractivity contribution >= 4 is 9.84 Å². The number of rotatable bonds is 5. The van der Waals surface area contributed by atoms with Crippen LogP contribution in [-0.4, -0.2) is 33.0 Å². The molecule has 0 aromatic carbocycles. The fraction of sp³-hybridized carbons (Fsp3) is 1.00. The molecular formula is C12H25NO2S. The van der Waals surface area contributed by atoms with Gasteiger partial charge in [-0.3, -0.25) is 0 Å². The maximum absolute atomic E-state index is 11.1.